The van der Waals surface area contributed by atoms with E-state index in [9.17, 15) is 0 Å². The Hall–Kier alpha value is -2.16. The number of anilines is 1. The van der Waals surface area contributed by atoms with Crippen LogP contribution in [0.5, 0.6) is 11.5 Å². The van der Waals surface area contributed by atoms with Crippen LogP contribution >= 0.6 is 0 Å². The highest BCUT2D eigenvalue weighted by molar-refractivity contribution is 5.41. The number of nitrogen functional groups attached to an aromatic ring is 1. The molecule has 2 N–H and O–H groups in total. The maximum atomic E-state index is 5.64. The lowest BCUT2D eigenvalue weighted by atomic mass is 10.2. The first-order valence-corrected chi connectivity index (χ1v) is 6.42. The number of ether oxygens (including phenoxy) is 2. The van der Waals surface area contributed by atoms with E-state index >= 15 is 0 Å². The normalized spacial score (nSPS) is 10.2. The maximum absolute atomic E-state index is 5.64. The van der Waals surface area contributed by atoms with E-state index in [4.69, 9.17) is 15.2 Å². The average molecular weight is 257 g/mol. The molecule has 0 aliphatic rings. The van der Waals surface area contributed by atoms with Crippen molar-refractivity contribution in [3.63, 3.8) is 0 Å². The van der Waals surface area contributed by atoms with Gasteiger partial charge >= 0.3 is 0 Å². The zero-order valence-electron chi connectivity index (χ0n) is 11.1. The zero-order chi connectivity index (χ0) is 13.5. The van der Waals surface area contributed by atoms with Crippen LogP contribution in [-0.2, 0) is 0 Å². The third-order valence-electron chi connectivity index (χ3n) is 2.70. The molecule has 2 aromatic rings. The Labute approximate surface area is 114 Å². The molecule has 2 rings (SSSR count). The standard InChI is InChI=1S/C16H19NO2/c1-13-4-2-5-16(12-13)19-11-3-10-18-15-8-6-14(17)7-9-15/h2,4-9,12H,3,10-11,17H2,1H3. The van der Waals surface area contributed by atoms with E-state index in [2.05, 4.69) is 13.0 Å². The molecule has 0 aromatic heterocycles. The molecule has 0 bridgehead atoms. The van der Waals surface area contributed by atoms with Crippen LogP contribution in [0.2, 0.25) is 0 Å². The van der Waals surface area contributed by atoms with Gasteiger partial charge in [-0.1, -0.05) is 12.1 Å². The molecule has 19 heavy (non-hydrogen) atoms. The van der Waals surface area contributed by atoms with Crippen molar-refractivity contribution in [3.05, 3.63) is 54.1 Å². The fourth-order valence-corrected chi connectivity index (χ4v) is 1.71. The molecule has 0 saturated heterocycles. The van der Waals surface area contributed by atoms with Gasteiger partial charge in [0.2, 0.25) is 0 Å². The summed E-state index contributed by atoms with van der Waals surface area (Å²) < 4.78 is 11.2. The molecule has 0 unspecified atom stereocenters. The number of aryl methyl sites for hydroxylation is 1. The van der Waals surface area contributed by atoms with Crippen molar-refractivity contribution >= 4 is 5.69 Å². The van der Waals surface area contributed by atoms with Crippen molar-refractivity contribution in [3.8, 4) is 11.5 Å². The second kappa shape index (κ2) is 6.69. The van der Waals surface area contributed by atoms with Crippen LogP contribution in [0.1, 0.15) is 12.0 Å². The van der Waals surface area contributed by atoms with E-state index in [0.717, 1.165) is 23.6 Å². The van der Waals surface area contributed by atoms with Gasteiger partial charge in [-0.2, -0.15) is 0 Å². The van der Waals surface area contributed by atoms with Crippen molar-refractivity contribution < 1.29 is 9.47 Å². The summed E-state index contributed by atoms with van der Waals surface area (Å²) in [5.74, 6) is 1.75. The molecule has 0 spiro atoms. The molecule has 3 nitrogen and oxygen atoms in total. The van der Waals surface area contributed by atoms with Crippen molar-refractivity contribution in [2.45, 2.75) is 13.3 Å². The second-order valence-corrected chi connectivity index (χ2v) is 4.44. The number of rotatable bonds is 6. The number of hydrogen-bond acceptors (Lipinski definition) is 3. The molecule has 0 radical (unpaired) electrons. The van der Waals surface area contributed by atoms with Crippen molar-refractivity contribution in [1.82, 2.24) is 0 Å². The summed E-state index contributed by atoms with van der Waals surface area (Å²) in [6, 6.07) is 15.5. The SMILES string of the molecule is Cc1cccc(OCCCOc2ccc(N)cc2)c1. The third kappa shape index (κ3) is 4.54. The fraction of sp³-hybridized carbons (Fsp3) is 0.250. The van der Waals surface area contributed by atoms with E-state index in [0.29, 0.717) is 13.2 Å². The first-order chi connectivity index (χ1) is 9.24. The largest absolute Gasteiger partial charge is 0.493 e. The van der Waals surface area contributed by atoms with Gasteiger partial charge in [-0.15, -0.1) is 0 Å². The molecular formula is C16H19NO2. The molecule has 0 aliphatic carbocycles. The Bertz CT molecular complexity index is 508. The summed E-state index contributed by atoms with van der Waals surface area (Å²) in [6.45, 7) is 3.34. The van der Waals surface area contributed by atoms with Crippen LogP contribution in [0, 0.1) is 6.92 Å². The summed E-state index contributed by atoms with van der Waals surface area (Å²) >= 11 is 0. The lowest BCUT2D eigenvalue weighted by Crippen LogP contribution is -2.05. The Morgan fingerprint density at radius 1 is 0.895 bits per heavy atom. The van der Waals surface area contributed by atoms with Gasteiger partial charge in [-0.05, 0) is 48.9 Å². The van der Waals surface area contributed by atoms with E-state index in [1.54, 1.807) is 0 Å². The third-order valence-corrected chi connectivity index (χ3v) is 2.70. The summed E-state index contributed by atoms with van der Waals surface area (Å²) in [5.41, 5.74) is 7.55. The Morgan fingerprint density at radius 3 is 2.26 bits per heavy atom. The van der Waals surface area contributed by atoms with E-state index < -0.39 is 0 Å². The quantitative estimate of drug-likeness (QED) is 0.637. The first kappa shape index (κ1) is 13.3. The Kier molecular flexibility index (Phi) is 4.67. The topological polar surface area (TPSA) is 44.5 Å². The minimum absolute atomic E-state index is 0.635. The summed E-state index contributed by atoms with van der Waals surface area (Å²) in [4.78, 5) is 0. The minimum Gasteiger partial charge on any atom is -0.493 e. The Balaban J connectivity index is 1.66. The van der Waals surface area contributed by atoms with Crippen LogP contribution in [0.4, 0.5) is 5.69 Å². The first-order valence-electron chi connectivity index (χ1n) is 6.42. The molecule has 100 valence electrons. The summed E-state index contributed by atoms with van der Waals surface area (Å²) in [5, 5.41) is 0. The van der Waals surface area contributed by atoms with Gasteiger partial charge in [0.05, 0.1) is 13.2 Å². The highest BCUT2D eigenvalue weighted by atomic mass is 16.5. The Morgan fingerprint density at radius 2 is 1.58 bits per heavy atom. The monoisotopic (exact) mass is 257 g/mol. The van der Waals surface area contributed by atoms with E-state index in [1.165, 1.54) is 5.56 Å². The predicted octanol–water partition coefficient (Wildman–Crippen LogP) is 3.43. The van der Waals surface area contributed by atoms with Gasteiger partial charge in [0, 0.05) is 12.1 Å². The van der Waals surface area contributed by atoms with Crippen LogP contribution in [0.25, 0.3) is 0 Å². The fourth-order valence-electron chi connectivity index (χ4n) is 1.71. The second-order valence-electron chi connectivity index (χ2n) is 4.44. The average Bonchev–Trinajstić information content (AvgIpc) is 2.41. The van der Waals surface area contributed by atoms with Crippen LogP contribution in [0.3, 0.4) is 0 Å². The number of hydrogen-bond donors (Lipinski definition) is 1. The lowest BCUT2D eigenvalue weighted by molar-refractivity contribution is 0.247. The molecule has 0 atom stereocenters. The lowest BCUT2D eigenvalue weighted by Gasteiger charge is -2.08. The highest BCUT2D eigenvalue weighted by Crippen LogP contribution is 2.14. The molecule has 2 aromatic carbocycles. The van der Waals surface area contributed by atoms with Gasteiger partial charge in [0.25, 0.3) is 0 Å². The van der Waals surface area contributed by atoms with Gasteiger partial charge < -0.3 is 15.2 Å². The smallest absolute Gasteiger partial charge is 0.119 e. The van der Waals surface area contributed by atoms with Gasteiger partial charge in [-0.25, -0.2) is 0 Å². The van der Waals surface area contributed by atoms with Crippen LogP contribution < -0.4 is 15.2 Å². The van der Waals surface area contributed by atoms with Crippen molar-refractivity contribution in [2.75, 3.05) is 18.9 Å². The predicted molar refractivity (Wildman–Crippen MR) is 77.6 cm³/mol. The molecule has 0 aliphatic heterocycles. The molecular weight excluding hydrogens is 238 g/mol. The van der Waals surface area contributed by atoms with Gasteiger partial charge in [0.15, 0.2) is 0 Å². The summed E-state index contributed by atoms with van der Waals surface area (Å²) in [6.07, 6.45) is 0.846. The highest BCUT2D eigenvalue weighted by Gasteiger charge is 1.96. The minimum atomic E-state index is 0.635. The van der Waals surface area contributed by atoms with Crippen molar-refractivity contribution in [2.24, 2.45) is 0 Å². The van der Waals surface area contributed by atoms with Crippen LogP contribution in [-0.4, -0.2) is 13.2 Å². The van der Waals surface area contributed by atoms with Gasteiger partial charge in [-0.3, -0.25) is 0 Å². The zero-order valence-corrected chi connectivity index (χ0v) is 11.1. The van der Waals surface area contributed by atoms with Crippen molar-refractivity contribution in [1.29, 1.82) is 0 Å². The molecule has 0 saturated carbocycles. The van der Waals surface area contributed by atoms with E-state index in [-0.39, 0.29) is 0 Å². The van der Waals surface area contributed by atoms with Gasteiger partial charge in [0.1, 0.15) is 11.5 Å². The molecule has 3 heteroatoms. The molecule has 0 heterocycles. The summed E-state index contributed by atoms with van der Waals surface area (Å²) in [7, 11) is 0. The van der Waals surface area contributed by atoms with E-state index in [1.807, 2.05) is 42.5 Å². The number of benzene rings is 2. The molecule has 0 fully saturated rings. The maximum Gasteiger partial charge on any atom is 0.119 e. The molecule has 0 amide bonds. The number of nitrogens with two attached hydrogens (primary N) is 1. The van der Waals surface area contributed by atoms with Crippen LogP contribution in [0.15, 0.2) is 48.5 Å².